The van der Waals surface area contributed by atoms with Crippen LogP contribution in [0.5, 0.6) is 5.75 Å². The van der Waals surface area contributed by atoms with Gasteiger partial charge in [0.05, 0.1) is 25.0 Å². The number of nitrogen functional groups attached to an aromatic ring is 1. The first-order chi connectivity index (χ1) is 10.2. The van der Waals surface area contributed by atoms with E-state index in [9.17, 15) is 4.79 Å². The molecule has 2 N–H and O–H groups in total. The number of carbonyl (C=O) groups is 1. The summed E-state index contributed by atoms with van der Waals surface area (Å²) in [4.78, 5) is 17.7. The second kappa shape index (κ2) is 5.61. The zero-order valence-corrected chi connectivity index (χ0v) is 12.4. The lowest BCUT2D eigenvalue weighted by molar-refractivity contribution is -0.139. The third kappa shape index (κ3) is 2.78. The first kappa shape index (κ1) is 13.7. The molecule has 6 nitrogen and oxygen atoms in total. The van der Waals surface area contributed by atoms with E-state index >= 15 is 0 Å². The Morgan fingerprint density at radius 1 is 1.57 bits per heavy atom. The summed E-state index contributed by atoms with van der Waals surface area (Å²) in [5.41, 5.74) is 8.32. The molecule has 2 heterocycles. The Morgan fingerprint density at radius 2 is 2.43 bits per heavy atom. The molecule has 0 spiro atoms. The van der Waals surface area contributed by atoms with E-state index in [4.69, 9.17) is 15.2 Å². The van der Waals surface area contributed by atoms with Crippen LogP contribution in [0.25, 0.3) is 11.3 Å². The normalized spacial score (nSPS) is 13.5. The van der Waals surface area contributed by atoms with E-state index in [-0.39, 0.29) is 12.5 Å². The molecule has 1 aliphatic rings. The number of nitrogens with two attached hydrogens (primary N) is 1. The van der Waals surface area contributed by atoms with Crippen molar-refractivity contribution in [1.29, 1.82) is 0 Å². The van der Waals surface area contributed by atoms with Gasteiger partial charge in [-0.15, -0.1) is 11.3 Å². The fourth-order valence-electron chi connectivity index (χ4n) is 2.24. The summed E-state index contributed by atoms with van der Waals surface area (Å²) in [6.45, 7) is 1.40. The number of hydrogen-bond donors (Lipinski definition) is 1. The monoisotopic (exact) mass is 305 g/mol. The molecule has 0 radical (unpaired) electrons. The van der Waals surface area contributed by atoms with E-state index in [0.29, 0.717) is 18.3 Å². The van der Waals surface area contributed by atoms with Crippen LogP contribution in [-0.2, 0) is 9.53 Å². The molecule has 1 aromatic carbocycles. The van der Waals surface area contributed by atoms with Gasteiger partial charge in [-0.25, -0.2) is 4.98 Å². The Balaban J connectivity index is 1.94. The summed E-state index contributed by atoms with van der Waals surface area (Å²) >= 11 is 1.40. The van der Waals surface area contributed by atoms with Gasteiger partial charge < -0.3 is 20.1 Å². The molecule has 110 valence electrons. The Kier molecular flexibility index (Phi) is 3.66. The third-order valence-electron chi connectivity index (χ3n) is 3.28. The quantitative estimate of drug-likeness (QED) is 0.871. The molecule has 3 rings (SSSR count). The number of nitrogens with zero attached hydrogens (tertiary/aromatic N) is 2. The zero-order valence-electron chi connectivity index (χ0n) is 11.5. The molecule has 0 saturated heterocycles. The molecule has 1 aliphatic heterocycles. The lowest BCUT2D eigenvalue weighted by atomic mass is 10.1. The molecule has 0 aliphatic carbocycles. The Hall–Kier alpha value is -2.28. The number of fused-ring (bicyclic) bond motifs is 1. The number of thiazole rings is 1. The Bertz CT molecular complexity index is 671. The maximum absolute atomic E-state index is 11.5. The van der Waals surface area contributed by atoms with Crippen LogP contribution < -0.4 is 15.4 Å². The van der Waals surface area contributed by atoms with Crippen molar-refractivity contribution in [3.8, 4) is 17.0 Å². The number of ether oxygens (including phenoxy) is 2. The van der Waals surface area contributed by atoms with Crippen molar-refractivity contribution in [2.45, 2.75) is 0 Å². The van der Waals surface area contributed by atoms with Gasteiger partial charge in [-0.1, -0.05) is 0 Å². The summed E-state index contributed by atoms with van der Waals surface area (Å²) in [6.07, 6.45) is 0. The number of carbonyl (C=O) groups excluding carboxylic acids is 1. The summed E-state index contributed by atoms with van der Waals surface area (Å²) in [5.74, 6) is 0.489. The summed E-state index contributed by atoms with van der Waals surface area (Å²) in [6, 6.07) is 5.80. The van der Waals surface area contributed by atoms with Gasteiger partial charge in [0.2, 0.25) is 0 Å². The third-order valence-corrected chi connectivity index (χ3v) is 3.96. The van der Waals surface area contributed by atoms with Crippen molar-refractivity contribution in [1.82, 2.24) is 4.98 Å². The highest BCUT2D eigenvalue weighted by Crippen LogP contribution is 2.36. The van der Waals surface area contributed by atoms with Gasteiger partial charge in [0.25, 0.3) is 0 Å². The van der Waals surface area contributed by atoms with E-state index in [1.165, 1.54) is 18.4 Å². The fraction of sp³-hybridized carbons (Fsp3) is 0.286. The number of rotatable bonds is 3. The van der Waals surface area contributed by atoms with Crippen LogP contribution in [0, 0.1) is 0 Å². The van der Waals surface area contributed by atoms with Crippen LogP contribution in [0.2, 0.25) is 0 Å². The van der Waals surface area contributed by atoms with Crippen molar-refractivity contribution in [2.75, 3.05) is 37.4 Å². The number of benzene rings is 1. The van der Waals surface area contributed by atoms with Crippen molar-refractivity contribution in [3.05, 3.63) is 23.6 Å². The fourth-order valence-corrected chi connectivity index (χ4v) is 2.81. The van der Waals surface area contributed by atoms with Gasteiger partial charge in [0, 0.05) is 10.9 Å². The predicted octanol–water partition coefficient (Wildman–Crippen LogP) is 1.76. The van der Waals surface area contributed by atoms with Crippen molar-refractivity contribution in [2.24, 2.45) is 0 Å². The predicted molar refractivity (Wildman–Crippen MR) is 81.7 cm³/mol. The first-order valence-corrected chi connectivity index (χ1v) is 7.35. The molecular formula is C14H15N3O3S. The molecule has 0 amide bonds. The van der Waals surface area contributed by atoms with Gasteiger partial charge >= 0.3 is 5.97 Å². The maximum atomic E-state index is 11.5. The minimum absolute atomic E-state index is 0.204. The smallest absolute Gasteiger partial charge is 0.325 e. The molecule has 21 heavy (non-hydrogen) atoms. The highest BCUT2D eigenvalue weighted by molar-refractivity contribution is 7.13. The highest BCUT2D eigenvalue weighted by Gasteiger charge is 2.21. The van der Waals surface area contributed by atoms with Gasteiger partial charge in [0.15, 0.2) is 5.13 Å². The summed E-state index contributed by atoms with van der Waals surface area (Å²) < 4.78 is 10.4. The van der Waals surface area contributed by atoms with Gasteiger partial charge in [-0.05, 0) is 18.2 Å². The second-order valence-corrected chi connectivity index (χ2v) is 5.49. The van der Waals surface area contributed by atoms with Crippen LogP contribution in [0.4, 0.5) is 10.8 Å². The lowest BCUT2D eigenvalue weighted by Crippen LogP contribution is -2.37. The van der Waals surface area contributed by atoms with Crippen LogP contribution in [0.15, 0.2) is 23.6 Å². The Morgan fingerprint density at radius 3 is 3.14 bits per heavy atom. The van der Waals surface area contributed by atoms with Crippen LogP contribution in [0.3, 0.4) is 0 Å². The Labute approximate surface area is 126 Å². The molecule has 1 aromatic heterocycles. The number of esters is 1. The van der Waals surface area contributed by atoms with E-state index in [1.807, 2.05) is 28.5 Å². The number of aromatic nitrogens is 1. The second-order valence-electron chi connectivity index (χ2n) is 4.60. The van der Waals surface area contributed by atoms with Crippen molar-refractivity contribution >= 4 is 28.1 Å². The summed E-state index contributed by atoms with van der Waals surface area (Å²) in [5, 5.41) is 2.44. The molecule has 0 unspecified atom stereocenters. The van der Waals surface area contributed by atoms with E-state index in [2.05, 4.69) is 4.98 Å². The number of methoxy groups -OCH3 is 1. The summed E-state index contributed by atoms with van der Waals surface area (Å²) in [7, 11) is 1.39. The van der Waals surface area contributed by atoms with Gasteiger partial charge in [0.1, 0.15) is 18.9 Å². The molecule has 0 bridgehead atoms. The SMILES string of the molecule is COC(=O)CN1CCOc2ccc(-c3csc(N)n3)cc21. The molecule has 0 saturated carbocycles. The van der Waals surface area contributed by atoms with E-state index in [1.54, 1.807) is 0 Å². The maximum Gasteiger partial charge on any atom is 0.325 e. The minimum atomic E-state index is -0.272. The van der Waals surface area contributed by atoms with Crippen molar-refractivity contribution < 1.29 is 14.3 Å². The largest absolute Gasteiger partial charge is 0.490 e. The average molecular weight is 305 g/mol. The standard InChI is InChI=1S/C14H15N3O3S/c1-19-13(18)7-17-4-5-20-12-3-2-9(6-11(12)17)10-8-21-14(15)16-10/h2-3,6,8H,4-5,7H2,1H3,(H2,15,16). The molecular weight excluding hydrogens is 290 g/mol. The molecule has 0 fully saturated rings. The number of hydrogen-bond acceptors (Lipinski definition) is 7. The lowest BCUT2D eigenvalue weighted by Gasteiger charge is -2.30. The molecule has 7 heteroatoms. The van der Waals surface area contributed by atoms with E-state index < -0.39 is 0 Å². The topological polar surface area (TPSA) is 77.7 Å². The highest BCUT2D eigenvalue weighted by atomic mass is 32.1. The first-order valence-electron chi connectivity index (χ1n) is 6.47. The van der Waals surface area contributed by atoms with Crippen LogP contribution in [-0.4, -0.2) is 37.8 Å². The van der Waals surface area contributed by atoms with Gasteiger partial charge in [-0.3, -0.25) is 4.79 Å². The molecule has 2 aromatic rings. The van der Waals surface area contributed by atoms with E-state index in [0.717, 1.165) is 22.7 Å². The number of anilines is 2. The minimum Gasteiger partial charge on any atom is -0.490 e. The van der Waals surface area contributed by atoms with Crippen molar-refractivity contribution in [3.63, 3.8) is 0 Å². The van der Waals surface area contributed by atoms with Crippen LogP contribution in [0.1, 0.15) is 0 Å². The van der Waals surface area contributed by atoms with Crippen LogP contribution >= 0.6 is 11.3 Å². The zero-order chi connectivity index (χ0) is 14.8. The van der Waals surface area contributed by atoms with Gasteiger partial charge in [-0.2, -0.15) is 0 Å². The molecule has 0 atom stereocenters. The average Bonchev–Trinajstić information content (AvgIpc) is 2.93.